The Labute approximate surface area is 134 Å². The van der Waals surface area contributed by atoms with Crippen LogP contribution < -0.4 is 15.2 Å². The first-order valence-corrected chi connectivity index (χ1v) is 7.53. The Balaban J connectivity index is 2.05. The van der Waals surface area contributed by atoms with Crippen LogP contribution in [-0.4, -0.2) is 13.2 Å². The van der Waals surface area contributed by atoms with Crippen LogP contribution in [0.1, 0.15) is 17.2 Å². The van der Waals surface area contributed by atoms with Crippen LogP contribution in [0.25, 0.3) is 0 Å². The van der Waals surface area contributed by atoms with Crippen molar-refractivity contribution in [2.75, 3.05) is 13.2 Å². The fourth-order valence-electron chi connectivity index (χ4n) is 2.25. The van der Waals surface area contributed by atoms with Gasteiger partial charge in [0.1, 0.15) is 19.0 Å². The molecule has 0 aliphatic carbocycles. The Morgan fingerprint density at radius 1 is 1.14 bits per heavy atom. The average molecular weight is 373 g/mol. The predicted octanol–water partition coefficient (Wildman–Crippen LogP) is 4.06. The molecule has 0 spiro atoms. The van der Waals surface area contributed by atoms with Crippen LogP contribution in [-0.2, 0) is 0 Å². The van der Waals surface area contributed by atoms with Crippen molar-refractivity contribution in [3.05, 3.63) is 56.8 Å². The summed E-state index contributed by atoms with van der Waals surface area (Å²) in [7, 11) is 0. The zero-order chi connectivity index (χ0) is 15.0. The molecular weight excluding hydrogens is 361 g/mol. The van der Waals surface area contributed by atoms with E-state index in [1.807, 2.05) is 0 Å². The maximum Gasteiger partial charge on any atom is 0.162 e. The molecule has 6 heteroatoms. The predicted molar refractivity (Wildman–Crippen MR) is 82.6 cm³/mol. The molecule has 2 aromatic rings. The monoisotopic (exact) mass is 371 g/mol. The van der Waals surface area contributed by atoms with Crippen LogP contribution >= 0.6 is 27.5 Å². The number of rotatable bonds is 2. The number of hydrogen-bond acceptors (Lipinski definition) is 3. The topological polar surface area (TPSA) is 44.5 Å². The molecule has 3 nitrogen and oxygen atoms in total. The Morgan fingerprint density at radius 3 is 2.52 bits per heavy atom. The number of hydrogen-bond donors (Lipinski definition) is 1. The maximum absolute atomic E-state index is 14.2. The van der Waals surface area contributed by atoms with Gasteiger partial charge in [0.25, 0.3) is 0 Å². The van der Waals surface area contributed by atoms with Gasteiger partial charge < -0.3 is 15.2 Å². The normalized spacial score (nSPS) is 14.9. The molecule has 3 rings (SSSR count). The standard InChI is InChI=1S/C15H12BrClFNO2/c16-10-3-1-2-8(14(10)18)15(19)9-6-12-13(7-11(9)17)21-5-4-20-12/h1-3,6-7,15H,4-5,19H2. The molecule has 0 amide bonds. The van der Waals surface area contributed by atoms with Gasteiger partial charge in [-0.25, -0.2) is 4.39 Å². The van der Waals surface area contributed by atoms with E-state index in [4.69, 9.17) is 26.8 Å². The molecule has 0 aromatic heterocycles. The van der Waals surface area contributed by atoms with Crippen LogP contribution in [0.15, 0.2) is 34.8 Å². The third-order valence-corrected chi connectivity index (χ3v) is 4.25. The lowest BCUT2D eigenvalue weighted by molar-refractivity contribution is 0.171. The fourth-order valence-corrected chi connectivity index (χ4v) is 2.90. The van der Waals surface area contributed by atoms with Crippen LogP contribution in [0.2, 0.25) is 5.02 Å². The molecule has 0 saturated heterocycles. The molecule has 0 bridgehead atoms. The molecule has 1 aliphatic heterocycles. The van der Waals surface area contributed by atoms with Gasteiger partial charge in [0, 0.05) is 16.7 Å². The quantitative estimate of drug-likeness (QED) is 0.864. The highest BCUT2D eigenvalue weighted by Crippen LogP contribution is 2.39. The molecule has 0 saturated carbocycles. The van der Waals surface area contributed by atoms with E-state index in [0.29, 0.717) is 45.3 Å². The largest absolute Gasteiger partial charge is 0.486 e. The van der Waals surface area contributed by atoms with Crippen LogP contribution in [0, 0.1) is 5.82 Å². The van der Waals surface area contributed by atoms with Gasteiger partial charge in [-0.05, 0) is 33.6 Å². The van der Waals surface area contributed by atoms with Crippen molar-refractivity contribution in [2.45, 2.75) is 6.04 Å². The average Bonchev–Trinajstić information content (AvgIpc) is 2.48. The Hall–Kier alpha value is -1.30. The second kappa shape index (κ2) is 5.83. The zero-order valence-corrected chi connectivity index (χ0v) is 13.2. The minimum atomic E-state index is -0.689. The van der Waals surface area contributed by atoms with Crippen LogP contribution in [0.5, 0.6) is 11.5 Å². The Morgan fingerprint density at radius 2 is 1.81 bits per heavy atom. The van der Waals surface area contributed by atoms with Crippen molar-refractivity contribution in [3.8, 4) is 11.5 Å². The molecule has 1 unspecified atom stereocenters. The highest BCUT2D eigenvalue weighted by atomic mass is 79.9. The van der Waals surface area contributed by atoms with Crippen molar-refractivity contribution >= 4 is 27.5 Å². The smallest absolute Gasteiger partial charge is 0.162 e. The first-order valence-electron chi connectivity index (χ1n) is 6.36. The lowest BCUT2D eigenvalue weighted by Crippen LogP contribution is -2.18. The summed E-state index contributed by atoms with van der Waals surface area (Å²) >= 11 is 9.41. The molecule has 2 N–H and O–H groups in total. The summed E-state index contributed by atoms with van der Waals surface area (Å²) in [5, 5.41) is 0.422. The van der Waals surface area contributed by atoms with Crippen molar-refractivity contribution < 1.29 is 13.9 Å². The Bertz CT molecular complexity index is 696. The second-order valence-corrected chi connectivity index (χ2v) is 5.90. The van der Waals surface area contributed by atoms with E-state index < -0.39 is 11.9 Å². The van der Waals surface area contributed by atoms with Crippen molar-refractivity contribution in [1.82, 2.24) is 0 Å². The van der Waals surface area contributed by atoms with Crippen molar-refractivity contribution in [2.24, 2.45) is 5.73 Å². The van der Waals surface area contributed by atoms with Gasteiger partial charge in [-0.3, -0.25) is 0 Å². The van der Waals surface area contributed by atoms with E-state index in [1.165, 1.54) is 0 Å². The van der Waals surface area contributed by atoms with Gasteiger partial charge in [-0.1, -0.05) is 23.7 Å². The van der Waals surface area contributed by atoms with Gasteiger partial charge in [0.15, 0.2) is 11.5 Å². The van der Waals surface area contributed by atoms with Gasteiger partial charge in [-0.2, -0.15) is 0 Å². The maximum atomic E-state index is 14.2. The molecule has 0 radical (unpaired) electrons. The van der Waals surface area contributed by atoms with E-state index >= 15 is 0 Å². The van der Waals surface area contributed by atoms with Gasteiger partial charge >= 0.3 is 0 Å². The third-order valence-electron chi connectivity index (χ3n) is 3.31. The first-order chi connectivity index (χ1) is 10.1. The minimum absolute atomic E-state index is 0.364. The van der Waals surface area contributed by atoms with E-state index in [1.54, 1.807) is 30.3 Å². The second-order valence-electron chi connectivity index (χ2n) is 4.64. The fraction of sp³-hybridized carbons (Fsp3) is 0.200. The van der Waals surface area contributed by atoms with Crippen molar-refractivity contribution in [1.29, 1.82) is 0 Å². The minimum Gasteiger partial charge on any atom is -0.486 e. The highest BCUT2D eigenvalue weighted by molar-refractivity contribution is 9.10. The molecule has 21 heavy (non-hydrogen) atoms. The molecule has 1 aliphatic rings. The Kier molecular flexibility index (Phi) is 4.06. The van der Waals surface area contributed by atoms with E-state index in [9.17, 15) is 4.39 Å². The van der Waals surface area contributed by atoms with Gasteiger partial charge in [-0.15, -0.1) is 0 Å². The van der Waals surface area contributed by atoms with E-state index in [-0.39, 0.29) is 0 Å². The lowest BCUT2D eigenvalue weighted by atomic mass is 9.98. The third kappa shape index (κ3) is 2.73. The molecule has 1 heterocycles. The number of halogens is 3. The van der Waals surface area contributed by atoms with Gasteiger partial charge in [0.2, 0.25) is 0 Å². The van der Waals surface area contributed by atoms with Gasteiger partial charge in [0.05, 0.1) is 10.5 Å². The summed E-state index contributed by atoms with van der Waals surface area (Å²) < 4.78 is 25.5. The summed E-state index contributed by atoms with van der Waals surface area (Å²) in [5.74, 6) is 0.763. The number of fused-ring (bicyclic) bond motifs is 1. The summed E-state index contributed by atoms with van der Waals surface area (Å²) in [5.41, 5.74) is 7.14. The highest BCUT2D eigenvalue weighted by Gasteiger charge is 2.22. The van der Waals surface area contributed by atoms with E-state index in [0.717, 1.165) is 0 Å². The molecular formula is C15H12BrClFNO2. The number of benzene rings is 2. The molecule has 110 valence electrons. The van der Waals surface area contributed by atoms with Crippen LogP contribution in [0.3, 0.4) is 0 Å². The zero-order valence-electron chi connectivity index (χ0n) is 10.9. The van der Waals surface area contributed by atoms with E-state index in [2.05, 4.69) is 15.9 Å². The SMILES string of the molecule is NC(c1cc2c(cc1Cl)OCCO2)c1cccc(Br)c1F. The van der Waals surface area contributed by atoms with Crippen molar-refractivity contribution in [3.63, 3.8) is 0 Å². The molecule has 0 fully saturated rings. The lowest BCUT2D eigenvalue weighted by Gasteiger charge is -2.22. The summed E-state index contributed by atoms with van der Waals surface area (Å²) in [4.78, 5) is 0. The summed E-state index contributed by atoms with van der Waals surface area (Å²) in [6, 6.07) is 7.66. The molecule has 2 aromatic carbocycles. The first kappa shape index (κ1) is 14.6. The van der Waals surface area contributed by atoms with Crippen LogP contribution in [0.4, 0.5) is 4.39 Å². The summed E-state index contributed by atoms with van der Waals surface area (Å²) in [6.45, 7) is 0.948. The summed E-state index contributed by atoms with van der Waals surface area (Å²) in [6.07, 6.45) is 0. The number of nitrogens with two attached hydrogens (primary N) is 1. The molecule has 1 atom stereocenters. The number of ether oxygens (including phenoxy) is 2.